The number of carbonyl (C=O) groups excluding carboxylic acids is 2. The molecule has 5 nitrogen and oxygen atoms in total. The highest BCUT2D eigenvalue weighted by molar-refractivity contribution is 7.80. The Morgan fingerprint density at radius 2 is 1.93 bits per heavy atom. The van der Waals surface area contributed by atoms with Gasteiger partial charge in [-0.2, -0.15) is 0 Å². The predicted molar refractivity (Wildman–Crippen MR) is 110 cm³/mol. The number of thiocarbonyl (C=S) groups is 1. The van der Waals surface area contributed by atoms with Gasteiger partial charge in [-0.25, -0.2) is 0 Å². The van der Waals surface area contributed by atoms with E-state index in [4.69, 9.17) is 28.6 Å². The lowest BCUT2D eigenvalue weighted by atomic mass is 10.1. The molecule has 1 fully saturated rings. The van der Waals surface area contributed by atoms with Crippen molar-refractivity contribution < 1.29 is 14.3 Å². The van der Waals surface area contributed by atoms with E-state index in [1.807, 2.05) is 6.07 Å². The highest BCUT2D eigenvalue weighted by Gasteiger charge is 2.34. The Balaban J connectivity index is 1.93. The molecule has 0 spiro atoms. The molecule has 1 aliphatic rings. The van der Waals surface area contributed by atoms with E-state index in [0.29, 0.717) is 28.6 Å². The van der Waals surface area contributed by atoms with Gasteiger partial charge in [-0.15, -0.1) is 0 Å². The van der Waals surface area contributed by atoms with Crippen LogP contribution in [0, 0.1) is 0 Å². The van der Waals surface area contributed by atoms with Crippen LogP contribution in [0.5, 0.6) is 5.75 Å². The molecule has 2 aromatic rings. The minimum atomic E-state index is -0.555. The SMILES string of the molecule is C=CCOc1ccc(/C=C2/C(=O)NC(=S)N(c3ccccc3)C2=O)cc1Cl. The number of benzene rings is 2. The van der Waals surface area contributed by atoms with Gasteiger partial charge in [0.05, 0.1) is 10.7 Å². The summed E-state index contributed by atoms with van der Waals surface area (Å²) in [6, 6.07) is 13.9. The molecule has 0 saturated carbocycles. The molecule has 1 heterocycles. The topological polar surface area (TPSA) is 58.6 Å². The average molecular weight is 399 g/mol. The van der Waals surface area contributed by atoms with E-state index in [0.717, 1.165) is 0 Å². The molecule has 1 N–H and O–H groups in total. The van der Waals surface area contributed by atoms with Crippen molar-refractivity contribution in [3.8, 4) is 5.75 Å². The monoisotopic (exact) mass is 398 g/mol. The third-order valence-electron chi connectivity index (χ3n) is 3.74. The summed E-state index contributed by atoms with van der Waals surface area (Å²) in [4.78, 5) is 26.5. The van der Waals surface area contributed by atoms with Crippen LogP contribution in [0.25, 0.3) is 6.08 Å². The molecule has 7 heteroatoms. The Labute approximate surface area is 166 Å². The number of halogens is 1. The van der Waals surface area contributed by atoms with E-state index < -0.39 is 11.8 Å². The fourth-order valence-corrected chi connectivity index (χ4v) is 3.03. The number of carbonyl (C=O) groups is 2. The summed E-state index contributed by atoms with van der Waals surface area (Å²) < 4.78 is 5.42. The van der Waals surface area contributed by atoms with E-state index in [2.05, 4.69) is 11.9 Å². The van der Waals surface area contributed by atoms with Crippen LogP contribution in [0.15, 0.2) is 66.8 Å². The molecule has 0 atom stereocenters. The zero-order chi connectivity index (χ0) is 19.4. The molecule has 2 amide bonds. The summed E-state index contributed by atoms with van der Waals surface area (Å²) in [5, 5.41) is 2.95. The van der Waals surface area contributed by atoms with Crippen molar-refractivity contribution >= 4 is 52.5 Å². The summed E-state index contributed by atoms with van der Waals surface area (Å²) in [7, 11) is 0. The minimum absolute atomic E-state index is 0.0386. The van der Waals surface area contributed by atoms with E-state index in [9.17, 15) is 9.59 Å². The van der Waals surface area contributed by atoms with Crippen LogP contribution in [0.2, 0.25) is 5.02 Å². The molecule has 0 aromatic heterocycles. The van der Waals surface area contributed by atoms with Crippen LogP contribution in [0.4, 0.5) is 5.69 Å². The summed E-state index contributed by atoms with van der Waals surface area (Å²) in [6.45, 7) is 3.90. The predicted octanol–water partition coefficient (Wildman–Crippen LogP) is 3.74. The first kappa shape index (κ1) is 18.8. The molecule has 0 aliphatic carbocycles. The standard InChI is InChI=1S/C20H15ClN2O3S/c1-2-10-26-17-9-8-13(12-16(17)21)11-15-18(24)22-20(27)23(19(15)25)14-6-4-3-5-7-14/h2-9,11-12H,1,10H2,(H,22,24,27)/b15-11-. The van der Waals surface area contributed by atoms with Crippen molar-refractivity contribution in [1.29, 1.82) is 0 Å². The van der Waals surface area contributed by atoms with Gasteiger partial charge in [0, 0.05) is 0 Å². The molecular weight excluding hydrogens is 384 g/mol. The number of amides is 2. The van der Waals surface area contributed by atoms with E-state index in [1.54, 1.807) is 48.5 Å². The number of hydrogen-bond acceptors (Lipinski definition) is 4. The summed E-state index contributed by atoms with van der Waals surface area (Å²) in [5.41, 5.74) is 1.12. The Kier molecular flexibility index (Phi) is 5.69. The average Bonchev–Trinajstić information content (AvgIpc) is 2.65. The third-order valence-corrected chi connectivity index (χ3v) is 4.32. The van der Waals surface area contributed by atoms with Gasteiger partial charge in [-0.05, 0) is 48.1 Å². The molecule has 27 heavy (non-hydrogen) atoms. The molecule has 0 radical (unpaired) electrons. The van der Waals surface area contributed by atoms with Crippen LogP contribution < -0.4 is 15.0 Å². The van der Waals surface area contributed by atoms with Crippen LogP contribution >= 0.6 is 23.8 Å². The van der Waals surface area contributed by atoms with Gasteiger partial charge in [0.1, 0.15) is 17.9 Å². The second kappa shape index (κ2) is 8.16. The minimum Gasteiger partial charge on any atom is -0.488 e. The summed E-state index contributed by atoms with van der Waals surface area (Å²) in [5.74, 6) is -0.566. The quantitative estimate of drug-likeness (QED) is 0.361. The van der Waals surface area contributed by atoms with E-state index in [1.165, 1.54) is 11.0 Å². The highest BCUT2D eigenvalue weighted by Crippen LogP contribution is 2.27. The third kappa shape index (κ3) is 4.07. The number of nitrogens with one attached hydrogen (secondary N) is 1. The second-order valence-electron chi connectivity index (χ2n) is 5.58. The summed E-state index contributed by atoms with van der Waals surface area (Å²) in [6.07, 6.45) is 3.08. The Hall–Kier alpha value is -2.96. The summed E-state index contributed by atoms with van der Waals surface area (Å²) >= 11 is 11.4. The molecular formula is C20H15ClN2O3S. The second-order valence-corrected chi connectivity index (χ2v) is 6.38. The zero-order valence-electron chi connectivity index (χ0n) is 14.1. The van der Waals surface area contributed by atoms with Crippen molar-refractivity contribution in [1.82, 2.24) is 5.32 Å². The zero-order valence-corrected chi connectivity index (χ0v) is 15.7. The maximum Gasteiger partial charge on any atom is 0.270 e. The smallest absolute Gasteiger partial charge is 0.270 e. The lowest BCUT2D eigenvalue weighted by Crippen LogP contribution is -2.54. The van der Waals surface area contributed by atoms with Crippen molar-refractivity contribution in [3.63, 3.8) is 0 Å². The first-order chi connectivity index (χ1) is 13.0. The fourth-order valence-electron chi connectivity index (χ4n) is 2.51. The largest absolute Gasteiger partial charge is 0.488 e. The van der Waals surface area contributed by atoms with Crippen LogP contribution in [-0.2, 0) is 9.59 Å². The first-order valence-electron chi connectivity index (χ1n) is 8.01. The number of anilines is 1. The van der Waals surface area contributed by atoms with Crippen LogP contribution in [0.3, 0.4) is 0 Å². The Morgan fingerprint density at radius 1 is 1.19 bits per heavy atom. The highest BCUT2D eigenvalue weighted by atomic mass is 35.5. The number of hydrogen-bond donors (Lipinski definition) is 1. The molecule has 1 saturated heterocycles. The molecule has 0 bridgehead atoms. The molecule has 1 aliphatic heterocycles. The van der Waals surface area contributed by atoms with Crippen molar-refractivity contribution in [2.24, 2.45) is 0 Å². The van der Waals surface area contributed by atoms with Gasteiger partial charge in [-0.1, -0.05) is 48.5 Å². The van der Waals surface area contributed by atoms with Gasteiger partial charge in [0.25, 0.3) is 11.8 Å². The fraction of sp³-hybridized carbons (Fsp3) is 0.0500. The van der Waals surface area contributed by atoms with Crippen molar-refractivity contribution in [2.45, 2.75) is 0 Å². The lowest BCUT2D eigenvalue weighted by Gasteiger charge is -2.28. The van der Waals surface area contributed by atoms with Crippen LogP contribution in [0.1, 0.15) is 5.56 Å². The number of ether oxygens (including phenoxy) is 1. The molecule has 136 valence electrons. The van der Waals surface area contributed by atoms with Crippen molar-refractivity contribution in [2.75, 3.05) is 11.5 Å². The maximum absolute atomic E-state index is 12.9. The normalized spacial score (nSPS) is 15.7. The van der Waals surface area contributed by atoms with Crippen molar-refractivity contribution in [3.05, 3.63) is 77.3 Å². The number of nitrogens with zero attached hydrogens (tertiary/aromatic N) is 1. The van der Waals surface area contributed by atoms with Gasteiger partial charge in [-0.3, -0.25) is 19.8 Å². The first-order valence-corrected chi connectivity index (χ1v) is 8.79. The molecule has 0 unspecified atom stereocenters. The van der Waals surface area contributed by atoms with Gasteiger partial charge >= 0.3 is 0 Å². The van der Waals surface area contributed by atoms with Crippen LogP contribution in [-0.4, -0.2) is 23.5 Å². The van der Waals surface area contributed by atoms with Gasteiger partial charge in [0.2, 0.25) is 0 Å². The van der Waals surface area contributed by atoms with Gasteiger partial charge in [0.15, 0.2) is 5.11 Å². The molecule has 3 rings (SSSR count). The Morgan fingerprint density at radius 3 is 2.59 bits per heavy atom. The molecule has 2 aromatic carbocycles. The lowest BCUT2D eigenvalue weighted by molar-refractivity contribution is -0.122. The van der Waals surface area contributed by atoms with E-state index >= 15 is 0 Å². The number of rotatable bonds is 5. The van der Waals surface area contributed by atoms with Gasteiger partial charge < -0.3 is 4.74 Å². The maximum atomic E-state index is 12.9. The van der Waals surface area contributed by atoms with E-state index in [-0.39, 0.29) is 10.7 Å². The number of para-hydroxylation sites is 1. The Bertz CT molecular complexity index is 957.